The van der Waals surface area contributed by atoms with Crippen molar-refractivity contribution < 1.29 is 13.3 Å². The zero-order chi connectivity index (χ0) is 40.3. The van der Waals surface area contributed by atoms with Gasteiger partial charge in [-0.3, -0.25) is 0 Å². The summed E-state index contributed by atoms with van der Waals surface area (Å²) in [5.74, 6) is 0.534. The van der Waals surface area contributed by atoms with Crippen LogP contribution in [-0.2, 0) is 0 Å². The van der Waals surface area contributed by atoms with Crippen molar-refractivity contribution in [1.29, 1.82) is 0 Å². The summed E-state index contributed by atoms with van der Waals surface area (Å²) in [6.07, 6.45) is 0. The second kappa shape index (κ2) is 14.2. The third-order valence-corrected chi connectivity index (χ3v) is 11.5. The van der Waals surface area contributed by atoms with Gasteiger partial charge in [-0.1, -0.05) is 133 Å². The van der Waals surface area contributed by atoms with E-state index in [9.17, 15) is 0 Å². The van der Waals surface area contributed by atoms with Gasteiger partial charge in [-0.25, -0.2) is 4.98 Å². The number of hydrogen-bond donors (Lipinski definition) is 0. The zero-order valence-electron chi connectivity index (χ0n) is 32.8. The van der Waals surface area contributed by atoms with E-state index in [1.807, 2.05) is 72.8 Å². The molecule has 0 amide bonds. The lowest BCUT2D eigenvalue weighted by Gasteiger charge is -2.29. The average Bonchev–Trinajstić information content (AvgIpc) is 4.05. The Bertz CT molecular complexity index is 3540. The standard InChI is InChI=1S/C55H35N3O3/c1-4-16-36(17-5-1)37-30-32-40(33-31-37)57(47-26-14-24-43-42-22-10-12-27-49(42)60-53(43)47)41-34-45-54(61-55(56-45)38-18-6-2-7-19-38)48(35-41)58(39-20-8-3-9-21-39)46-25-15-29-51-52(46)44-23-11-13-28-50(44)59-51/h1-35H. The first kappa shape index (κ1) is 34.7. The van der Waals surface area contributed by atoms with Gasteiger partial charge in [0.25, 0.3) is 0 Å². The predicted octanol–water partition coefficient (Wildman–Crippen LogP) is 15.9. The van der Waals surface area contributed by atoms with Gasteiger partial charge < -0.3 is 23.1 Å². The highest BCUT2D eigenvalue weighted by Crippen LogP contribution is 2.49. The van der Waals surface area contributed by atoms with Crippen molar-refractivity contribution >= 4 is 89.1 Å². The van der Waals surface area contributed by atoms with Crippen molar-refractivity contribution in [1.82, 2.24) is 4.98 Å². The number of oxazole rings is 1. The van der Waals surface area contributed by atoms with Crippen molar-refractivity contribution in [3.05, 3.63) is 212 Å². The fraction of sp³-hybridized carbons (Fsp3) is 0. The quantitative estimate of drug-likeness (QED) is 0.153. The van der Waals surface area contributed by atoms with Crippen LogP contribution in [0, 0.1) is 0 Å². The van der Waals surface area contributed by atoms with Gasteiger partial charge in [0, 0.05) is 33.1 Å². The van der Waals surface area contributed by atoms with Crippen molar-refractivity contribution in [2.75, 3.05) is 9.80 Å². The molecule has 0 radical (unpaired) electrons. The minimum atomic E-state index is 0.534. The molecule has 61 heavy (non-hydrogen) atoms. The first-order valence-corrected chi connectivity index (χ1v) is 20.4. The van der Waals surface area contributed by atoms with E-state index in [4.69, 9.17) is 18.2 Å². The second-order valence-electron chi connectivity index (χ2n) is 15.1. The van der Waals surface area contributed by atoms with E-state index in [0.29, 0.717) is 17.0 Å². The van der Waals surface area contributed by atoms with Gasteiger partial charge in [0.05, 0.1) is 28.1 Å². The third kappa shape index (κ3) is 5.84. The van der Waals surface area contributed by atoms with Crippen LogP contribution in [0.4, 0.5) is 34.1 Å². The van der Waals surface area contributed by atoms with Crippen LogP contribution in [0.1, 0.15) is 0 Å². The predicted molar refractivity (Wildman–Crippen MR) is 249 cm³/mol. The van der Waals surface area contributed by atoms with E-state index in [2.05, 4.69) is 149 Å². The summed E-state index contributed by atoms with van der Waals surface area (Å²) in [4.78, 5) is 9.78. The molecule has 0 aliphatic carbocycles. The number of furan rings is 2. The van der Waals surface area contributed by atoms with E-state index >= 15 is 0 Å². The van der Waals surface area contributed by atoms with Gasteiger partial charge >= 0.3 is 0 Å². The highest BCUT2D eigenvalue weighted by atomic mass is 16.4. The van der Waals surface area contributed by atoms with Gasteiger partial charge in [-0.15, -0.1) is 0 Å². The Labute approximate surface area is 350 Å². The number of benzene rings is 9. The van der Waals surface area contributed by atoms with Crippen molar-refractivity contribution in [2.24, 2.45) is 0 Å². The molecule has 0 aliphatic heterocycles. The summed E-state index contributed by atoms with van der Waals surface area (Å²) in [5, 5.41) is 4.14. The summed E-state index contributed by atoms with van der Waals surface area (Å²) >= 11 is 0. The number of anilines is 6. The van der Waals surface area contributed by atoms with Gasteiger partial charge in [-0.05, 0) is 90.0 Å². The smallest absolute Gasteiger partial charge is 0.227 e. The fourth-order valence-corrected chi connectivity index (χ4v) is 8.70. The summed E-state index contributed by atoms with van der Waals surface area (Å²) < 4.78 is 20.1. The molecule has 0 fully saturated rings. The summed E-state index contributed by atoms with van der Waals surface area (Å²) in [5.41, 5.74) is 13.2. The van der Waals surface area contributed by atoms with Gasteiger partial charge in [0.15, 0.2) is 11.2 Å². The van der Waals surface area contributed by atoms with E-state index in [0.717, 1.165) is 94.7 Å². The number of para-hydroxylation sites is 4. The van der Waals surface area contributed by atoms with Crippen LogP contribution in [0.25, 0.3) is 77.6 Å². The van der Waals surface area contributed by atoms with Gasteiger partial charge in [-0.2, -0.15) is 0 Å². The normalized spacial score (nSPS) is 11.6. The lowest BCUT2D eigenvalue weighted by Crippen LogP contribution is -2.14. The molecule has 0 unspecified atom stereocenters. The molecule has 12 aromatic rings. The number of aromatic nitrogens is 1. The molecular formula is C55H35N3O3. The largest absolute Gasteiger partial charge is 0.456 e. The van der Waals surface area contributed by atoms with Crippen molar-refractivity contribution in [2.45, 2.75) is 0 Å². The Kier molecular flexibility index (Phi) is 8.06. The number of rotatable bonds is 8. The van der Waals surface area contributed by atoms with Crippen LogP contribution in [0.2, 0.25) is 0 Å². The van der Waals surface area contributed by atoms with Crippen LogP contribution in [0.5, 0.6) is 0 Å². The summed E-state index contributed by atoms with van der Waals surface area (Å²) in [6.45, 7) is 0. The van der Waals surface area contributed by atoms with E-state index < -0.39 is 0 Å². The third-order valence-electron chi connectivity index (χ3n) is 11.5. The minimum absolute atomic E-state index is 0.534. The van der Waals surface area contributed by atoms with Gasteiger partial charge in [0.1, 0.15) is 22.3 Å². The Hall–Kier alpha value is -8.35. The topological polar surface area (TPSA) is 58.8 Å². The SMILES string of the molecule is c1ccc(-c2ccc(N(c3cc(N(c4ccccc4)c4cccc5oc6ccccc6c45)c4oc(-c5ccccc5)nc4c3)c3cccc4c3oc3ccccc34)cc2)cc1. The molecule has 6 heteroatoms. The maximum Gasteiger partial charge on any atom is 0.227 e. The van der Waals surface area contributed by atoms with E-state index in [1.165, 1.54) is 0 Å². The Balaban J connectivity index is 1.16. The molecule has 6 nitrogen and oxygen atoms in total. The van der Waals surface area contributed by atoms with E-state index in [-0.39, 0.29) is 0 Å². The Morgan fingerprint density at radius 2 is 0.902 bits per heavy atom. The number of fused-ring (bicyclic) bond motifs is 7. The van der Waals surface area contributed by atoms with Crippen LogP contribution >= 0.6 is 0 Å². The second-order valence-corrected chi connectivity index (χ2v) is 15.1. The average molecular weight is 786 g/mol. The fourth-order valence-electron chi connectivity index (χ4n) is 8.70. The molecule has 0 atom stereocenters. The maximum absolute atomic E-state index is 6.90. The van der Waals surface area contributed by atoms with Crippen LogP contribution in [-0.4, -0.2) is 4.98 Å². The van der Waals surface area contributed by atoms with Crippen LogP contribution in [0.15, 0.2) is 226 Å². The molecule has 0 aliphatic rings. The minimum Gasteiger partial charge on any atom is -0.456 e. The molecule has 3 aromatic heterocycles. The summed E-state index contributed by atoms with van der Waals surface area (Å²) in [6, 6.07) is 73.0. The molecule has 12 rings (SSSR count). The molecule has 9 aromatic carbocycles. The van der Waals surface area contributed by atoms with Gasteiger partial charge in [0.2, 0.25) is 5.89 Å². The highest BCUT2D eigenvalue weighted by molar-refractivity contribution is 6.15. The van der Waals surface area contributed by atoms with Crippen molar-refractivity contribution in [3.63, 3.8) is 0 Å². The molecule has 0 bridgehead atoms. The molecule has 0 N–H and O–H groups in total. The van der Waals surface area contributed by atoms with Crippen LogP contribution < -0.4 is 9.80 Å². The Morgan fingerprint density at radius 3 is 1.67 bits per heavy atom. The Morgan fingerprint density at radius 1 is 0.328 bits per heavy atom. The van der Waals surface area contributed by atoms with E-state index in [1.54, 1.807) is 0 Å². The van der Waals surface area contributed by atoms with Crippen LogP contribution in [0.3, 0.4) is 0 Å². The molecular weight excluding hydrogens is 751 g/mol. The molecule has 0 saturated carbocycles. The highest BCUT2D eigenvalue weighted by Gasteiger charge is 2.27. The monoisotopic (exact) mass is 785 g/mol. The maximum atomic E-state index is 6.90. The lowest BCUT2D eigenvalue weighted by atomic mass is 10.0. The first-order valence-electron chi connectivity index (χ1n) is 20.4. The van der Waals surface area contributed by atoms with Crippen molar-refractivity contribution in [3.8, 4) is 22.6 Å². The summed E-state index contributed by atoms with van der Waals surface area (Å²) in [7, 11) is 0. The molecule has 0 saturated heterocycles. The zero-order valence-corrected chi connectivity index (χ0v) is 32.8. The lowest BCUT2D eigenvalue weighted by molar-refractivity contribution is 0.620. The number of hydrogen-bond acceptors (Lipinski definition) is 6. The molecule has 0 spiro atoms. The molecule has 288 valence electrons. The molecule has 3 heterocycles. The first-order chi connectivity index (χ1) is 30.2. The number of nitrogens with zero attached hydrogens (tertiary/aromatic N) is 3.